The molecule has 0 aromatic heterocycles. The van der Waals surface area contributed by atoms with Crippen molar-refractivity contribution < 1.29 is 13.2 Å². The summed E-state index contributed by atoms with van der Waals surface area (Å²) in [7, 11) is 0. The van der Waals surface area contributed by atoms with Crippen molar-refractivity contribution in [3.8, 4) is 6.07 Å². The van der Waals surface area contributed by atoms with Gasteiger partial charge in [-0.2, -0.15) is 5.26 Å². The molecular formula is C10H6ClF3N2. The van der Waals surface area contributed by atoms with Gasteiger partial charge in [0, 0.05) is 0 Å². The smallest absolute Gasteiger partial charge is 0.282 e. The molecule has 1 aromatic rings. The first-order chi connectivity index (χ1) is 7.43. The van der Waals surface area contributed by atoms with Crippen molar-refractivity contribution in [3.05, 3.63) is 28.5 Å². The van der Waals surface area contributed by atoms with E-state index in [9.17, 15) is 13.2 Å². The van der Waals surface area contributed by atoms with E-state index in [2.05, 4.69) is 0 Å². The molecule has 1 fully saturated rings. The molecule has 0 spiro atoms. The average molecular weight is 247 g/mol. The van der Waals surface area contributed by atoms with E-state index in [1.54, 1.807) is 6.07 Å². The minimum Gasteiger partial charge on any atom is -0.358 e. The molecule has 0 radical (unpaired) electrons. The SMILES string of the molecule is N#Cc1cc(F)c(Cl)cc1N1CC(F)(F)C1. The van der Waals surface area contributed by atoms with Crippen molar-refractivity contribution in [3.63, 3.8) is 0 Å². The molecule has 0 N–H and O–H groups in total. The Kier molecular flexibility index (Phi) is 2.47. The maximum Gasteiger partial charge on any atom is 0.282 e. The van der Waals surface area contributed by atoms with Crippen molar-refractivity contribution in [2.45, 2.75) is 5.92 Å². The lowest BCUT2D eigenvalue weighted by Crippen LogP contribution is -2.56. The van der Waals surface area contributed by atoms with Gasteiger partial charge in [-0.3, -0.25) is 0 Å². The van der Waals surface area contributed by atoms with Crippen LogP contribution in [0.4, 0.5) is 18.9 Å². The zero-order valence-corrected chi connectivity index (χ0v) is 8.73. The first kappa shape index (κ1) is 11.1. The maximum atomic E-state index is 13.0. The highest BCUT2D eigenvalue weighted by atomic mass is 35.5. The molecule has 1 heterocycles. The molecule has 1 aliphatic rings. The lowest BCUT2D eigenvalue weighted by atomic mass is 10.1. The Balaban J connectivity index is 2.35. The molecular weight excluding hydrogens is 241 g/mol. The zero-order valence-electron chi connectivity index (χ0n) is 7.98. The molecule has 6 heteroatoms. The van der Waals surface area contributed by atoms with Gasteiger partial charge in [0.15, 0.2) is 0 Å². The summed E-state index contributed by atoms with van der Waals surface area (Å²) >= 11 is 5.54. The molecule has 84 valence electrons. The highest BCUT2D eigenvalue weighted by molar-refractivity contribution is 6.31. The van der Waals surface area contributed by atoms with Gasteiger partial charge < -0.3 is 4.90 Å². The van der Waals surface area contributed by atoms with E-state index in [0.717, 1.165) is 6.07 Å². The summed E-state index contributed by atoms with van der Waals surface area (Å²) < 4.78 is 38.3. The fraction of sp³-hybridized carbons (Fsp3) is 0.300. The van der Waals surface area contributed by atoms with E-state index in [-0.39, 0.29) is 16.3 Å². The molecule has 0 saturated carbocycles. The van der Waals surface area contributed by atoms with E-state index in [1.165, 1.54) is 11.0 Å². The van der Waals surface area contributed by atoms with Crippen LogP contribution in [-0.4, -0.2) is 19.0 Å². The van der Waals surface area contributed by atoms with Crippen LogP contribution >= 0.6 is 11.6 Å². The van der Waals surface area contributed by atoms with Crippen molar-refractivity contribution in [1.29, 1.82) is 5.26 Å². The van der Waals surface area contributed by atoms with Gasteiger partial charge in [-0.05, 0) is 12.1 Å². The lowest BCUT2D eigenvalue weighted by molar-refractivity contribution is -0.0262. The minimum absolute atomic E-state index is 0.0115. The van der Waals surface area contributed by atoms with Gasteiger partial charge in [0.25, 0.3) is 5.92 Å². The van der Waals surface area contributed by atoms with Gasteiger partial charge in [0.2, 0.25) is 0 Å². The van der Waals surface area contributed by atoms with Crippen LogP contribution < -0.4 is 4.90 Å². The molecule has 1 saturated heterocycles. The minimum atomic E-state index is -2.74. The van der Waals surface area contributed by atoms with E-state index in [1.807, 2.05) is 0 Å². The van der Waals surface area contributed by atoms with Crippen LogP contribution in [-0.2, 0) is 0 Å². The van der Waals surface area contributed by atoms with Crippen LogP contribution in [0.5, 0.6) is 0 Å². The molecule has 0 amide bonds. The molecule has 1 aromatic carbocycles. The normalized spacial score (nSPS) is 17.8. The van der Waals surface area contributed by atoms with Crippen LogP contribution in [0.1, 0.15) is 5.56 Å². The Bertz CT molecular complexity index is 474. The number of alkyl halides is 2. The Morgan fingerprint density at radius 1 is 1.38 bits per heavy atom. The monoisotopic (exact) mass is 246 g/mol. The molecule has 0 aliphatic carbocycles. The molecule has 1 aliphatic heterocycles. The molecule has 2 rings (SSSR count). The predicted molar refractivity (Wildman–Crippen MR) is 53.3 cm³/mol. The summed E-state index contributed by atoms with van der Waals surface area (Å²) in [5.74, 6) is -3.47. The molecule has 16 heavy (non-hydrogen) atoms. The second kappa shape index (κ2) is 3.56. The second-order valence-corrected chi connectivity index (χ2v) is 4.01. The van der Waals surface area contributed by atoms with Crippen LogP contribution in [0, 0.1) is 17.1 Å². The number of halogens is 4. The van der Waals surface area contributed by atoms with Crippen molar-refractivity contribution >= 4 is 17.3 Å². The topological polar surface area (TPSA) is 27.0 Å². The number of hydrogen-bond acceptors (Lipinski definition) is 2. The van der Waals surface area contributed by atoms with Crippen molar-refractivity contribution in [2.75, 3.05) is 18.0 Å². The van der Waals surface area contributed by atoms with Gasteiger partial charge in [-0.25, -0.2) is 13.2 Å². The van der Waals surface area contributed by atoms with Crippen molar-refractivity contribution in [2.24, 2.45) is 0 Å². The third-order valence-electron chi connectivity index (χ3n) is 2.34. The van der Waals surface area contributed by atoms with E-state index in [0.29, 0.717) is 0 Å². The van der Waals surface area contributed by atoms with Crippen LogP contribution in [0.2, 0.25) is 5.02 Å². The van der Waals surface area contributed by atoms with Crippen LogP contribution in [0.25, 0.3) is 0 Å². The number of benzene rings is 1. The number of anilines is 1. The van der Waals surface area contributed by atoms with Gasteiger partial charge in [0.1, 0.15) is 11.9 Å². The largest absolute Gasteiger partial charge is 0.358 e. The highest BCUT2D eigenvalue weighted by Gasteiger charge is 2.44. The third kappa shape index (κ3) is 1.81. The van der Waals surface area contributed by atoms with E-state index in [4.69, 9.17) is 16.9 Å². The number of rotatable bonds is 1. The molecule has 0 bridgehead atoms. The van der Waals surface area contributed by atoms with Gasteiger partial charge in [0.05, 0.1) is 29.4 Å². The third-order valence-corrected chi connectivity index (χ3v) is 2.63. The maximum absolute atomic E-state index is 13.0. The molecule has 0 atom stereocenters. The van der Waals surface area contributed by atoms with Gasteiger partial charge >= 0.3 is 0 Å². The average Bonchev–Trinajstić information content (AvgIpc) is 2.18. The second-order valence-electron chi connectivity index (χ2n) is 3.61. The Hall–Kier alpha value is -1.41. The summed E-state index contributed by atoms with van der Waals surface area (Å²) in [6.07, 6.45) is 0. The fourth-order valence-corrected chi connectivity index (χ4v) is 1.73. The molecule has 2 nitrogen and oxygen atoms in total. The number of nitrogens with zero attached hydrogens (tertiary/aromatic N) is 2. The summed E-state index contributed by atoms with van der Waals surface area (Å²) in [6.45, 7) is -0.937. The standard InChI is InChI=1S/C10H6ClF3N2/c11-7-2-9(6(3-15)1-8(7)12)16-4-10(13,14)5-16/h1-2H,4-5H2. The Labute approximate surface area is 94.8 Å². The first-order valence-corrected chi connectivity index (χ1v) is 4.83. The Morgan fingerprint density at radius 2 is 2.00 bits per heavy atom. The summed E-state index contributed by atoms with van der Waals surface area (Å²) in [6, 6.07) is 3.91. The number of nitriles is 1. The number of hydrogen-bond donors (Lipinski definition) is 0. The Morgan fingerprint density at radius 3 is 2.50 bits per heavy atom. The van der Waals surface area contributed by atoms with Gasteiger partial charge in [-0.1, -0.05) is 11.6 Å². The van der Waals surface area contributed by atoms with E-state index >= 15 is 0 Å². The summed E-state index contributed by atoms with van der Waals surface area (Å²) in [4.78, 5) is 1.30. The molecule has 0 unspecified atom stereocenters. The van der Waals surface area contributed by atoms with Crippen LogP contribution in [0.15, 0.2) is 12.1 Å². The predicted octanol–water partition coefficient (Wildman–Crippen LogP) is 2.81. The highest BCUT2D eigenvalue weighted by Crippen LogP contribution is 2.35. The van der Waals surface area contributed by atoms with Gasteiger partial charge in [-0.15, -0.1) is 0 Å². The lowest BCUT2D eigenvalue weighted by Gasteiger charge is -2.40. The van der Waals surface area contributed by atoms with Crippen molar-refractivity contribution in [1.82, 2.24) is 0 Å². The van der Waals surface area contributed by atoms with E-state index < -0.39 is 24.8 Å². The summed E-state index contributed by atoms with van der Waals surface area (Å²) in [5.41, 5.74) is 0.261. The van der Waals surface area contributed by atoms with Crippen LogP contribution in [0.3, 0.4) is 0 Å². The summed E-state index contributed by atoms with van der Waals surface area (Å²) in [5, 5.41) is 8.58. The first-order valence-electron chi connectivity index (χ1n) is 4.45. The quantitative estimate of drug-likeness (QED) is 0.762. The zero-order chi connectivity index (χ0) is 11.9. The fourth-order valence-electron chi connectivity index (χ4n) is 1.57.